The third-order valence-corrected chi connectivity index (χ3v) is 5.96. The lowest BCUT2D eigenvalue weighted by Crippen LogP contribution is -2.50. The maximum absolute atomic E-state index is 12.4. The molecule has 1 aromatic carbocycles. The van der Waals surface area contributed by atoms with Gasteiger partial charge in [0.15, 0.2) is 5.58 Å². The van der Waals surface area contributed by atoms with Crippen LogP contribution in [-0.2, 0) is 11.3 Å². The summed E-state index contributed by atoms with van der Waals surface area (Å²) in [5.74, 6) is 0.0154. The van der Waals surface area contributed by atoms with Gasteiger partial charge in [-0.15, -0.1) is 0 Å². The smallest absolute Gasteiger partial charge is 0.408 e. The summed E-state index contributed by atoms with van der Waals surface area (Å²) in [7, 11) is 0. The number of likely N-dealkylation sites (tertiary alicyclic amines) is 1. The van der Waals surface area contributed by atoms with Crippen LogP contribution in [0.4, 0.5) is 0 Å². The van der Waals surface area contributed by atoms with Crippen LogP contribution in [0.25, 0.3) is 11.1 Å². The highest BCUT2D eigenvalue weighted by Gasteiger charge is 2.22. The van der Waals surface area contributed by atoms with E-state index in [1.54, 1.807) is 4.57 Å². The summed E-state index contributed by atoms with van der Waals surface area (Å²) in [5.41, 5.74) is 1.52. The first-order valence-electron chi connectivity index (χ1n) is 10.5. The Kier molecular flexibility index (Phi) is 6.12. The number of para-hydroxylation sites is 2. The molecule has 2 fully saturated rings. The number of benzene rings is 1. The summed E-state index contributed by atoms with van der Waals surface area (Å²) < 4.78 is 7.02. The van der Waals surface area contributed by atoms with Crippen molar-refractivity contribution in [1.82, 2.24) is 19.3 Å². The van der Waals surface area contributed by atoms with Crippen LogP contribution in [0.5, 0.6) is 0 Å². The molecule has 7 heteroatoms. The first kappa shape index (κ1) is 19.2. The minimum atomic E-state index is -0.276. The van der Waals surface area contributed by atoms with Crippen molar-refractivity contribution in [3.05, 3.63) is 34.8 Å². The second-order valence-corrected chi connectivity index (χ2v) is 7.90. The number of piperazine rings is 1. The van der Waals surface area contributed by atoms with Crippen LogP contribution >= 0.6 is 0 Å². The zero-order valence-corrected chi connectivity index (χ0v) is 16.5. The number of aromatic nitrogens is 1. The van der Waals surface area contributed by atoms with Crippen LogP contribution in [0.1, 0.15) is 25.7 Å². The van der Waals surface area contributed by atoms with E-state index in [9.17, 15) is 9.59 Å². The molecule has 2 aliphatic rings. The van der Waals surface area contributed by atoms with Crippen LogP contribution in [0.3, 0.4) is 0 Å². The van der Waals surface area contributed by atoms with E-state index in [1.807, 2.05) is 29.2 Å². The molecule has 0 spiro atoms. The Bertz CT molecular complexity index is 845. The van der Waals surface area contributed by atoms with Crippen molar-refractivity contribution in [2.75, 3.05) is 52.4 Å². The lowest BCUT2D eigenvalue weighted by molar-refractivity contribution is -0.133. The first-order valence-corrected chi connectivity index (χ1v) is 10.5. The van der Waals surface area contributed by atoms with Gasteiger partial charge < -0.3 is 14.2 Å². The van der Waals surface area contributed by atoms with E-state index in [-0.39, 0.29) is 5.76 Å². The maximum atomic E-state index is 12.4. The van der Waals surface area contributed by atoms with Crippen molar-refractivity contribution in [1.29, 1.82) is 0 Å². The van der Waals surface area contributed by atoms with E-state index in [2.05, 4.69) is 9.80 Å². The lowest BCUT2D eigenvalue weighted by Gasteiger charge is -2.36. The Morgan fingerprint density at radius 2 is 1.61 bits per heavy atom. The van der Waals surface area contributed by atoms with Crippen molar-refractivity contribution in [2.24, 2.45) is 0 Å². The molecule has 2 aromatic rings. The number of piperidine rings is 1. The van der Waals surface area contributed by atoms with Crippen LogP contribution in [0.2, 0.25) is 0 Å². The van der Waals surface area contributed by atoms with Gasteiger partial charge in [-0.1, -0.05) is 12.1 Å². The molecule has 152 valence electrons. The normalized spacial score (nSPS) is 19.4. The Hall–Kier alpha value is -2.12. The van der Waals surface area contributed by atoms with E-state index in [1.165, 1.54) is 6.42 Å². The zero-order valence-electron chi connectivity index (χ0n) is 16.5. The van der Waals surface area contributed by atoms with Gasteiger partial charge in [-0.3, -0.25) is 14.3 Å². The van der Waals surface area contributed by atoms with Crippen molar-refractivity contribution < 1.29 is 9.21 Å². The van der Waals surface area contributed by atoms with Crippen LogP contribution in [0.15, 0.2) is 33.5 Å². The summed E-state index contributed by atoms with van der Waals surface area (Å²) in [6.45, 7) is 7.89. The van der Waals surface area contributed by atoms with Gasteiger partial charge in [0, 0.05) is 45.8 Å². The molecular formula is C21H30N4O3. The molecular weight excluding hydrogens is 356 g/mol. The van der Waals surface area contributed by atoms with Crippen molar-refractivity contribution >= 4 is 17.0 Å². The number of oxazole rings is 1. The van der Waals surface area contributed by atoms with Gasteiger partial charge in [-0.2, -0.15) is 0 Å². The largest absolute Gasteiger partial charge is 0.419 e. The van der Waals surface area contributed by atoms with E-state index in [0.29, 0.717) is 24.6 Å². The number of fused-ring (bicyclic) bond motifs is 1. The fourth-order valence-electron chi connectivity index (χ4n) is 4.28. The minimum absolute atomic E-state index is 0.276. The van der Waals surface area contributed by atoms with E-state index >= 15 is 0 Å². The fourth-order valence-corrected chi connectivity index (χ4v) is 4.28. The highest BCUT2D eigenvalue weighted by atomic mass is 16.4. The van der Waals surface area contributed by atoms with Gasteiger partial charge in [0.25, 0.3) is 0 Å². The van der Waals surface area contributed by atoms with Gasteiger partial charge in [0.2, 0.25) is 5.91 Å². The molecule has 1 amide bonds. The molecule has 2 aliphatic heterocycles. The van der Waals surface area contributed by atoms with Crippen molar-refractivity contribution in [3.63, 3.8) is 0 Å². The lowest BCUT2D eigenvalue weighted by atomic mass is 10.1. The number of nitrogens with zero attached hydrogens (tertiary/aromatic N) is 4. The molecule has 0 atom stereocenters. The van der Waals surface area contributed by atoms with Gasteiger partial charge in [0.1, 0.15) is 0 Å². The maximum Gasteiger partial charge on any atom is 0.419 e. The highest BCUT2D eigenvalue weighted by molar-refractivity contribution is 5.78. The molecule has 0 radical (unpaired) electrons. The molecule has 0 aliphatic carbocycles. The molecule has 0 N–H and O–H groups in total. The zero-order chi connectivity index (χ0) is 19.3. The van der Waals surface area contributed by atoms with Gasteiger partial charge in [0.05, 0.1) is 12.1 Å². The summed E-state index contributed by atoms with van der Waals surface area (Å²) in [4.78, 5) is 31.2. The molecule has 4 rings (SSSR count). The molecule has 28 heavy (non-hydrogen) atoms. The van der Waals surface area contributed by atoms with Crippen LogP contribution in [-0.4, -0.2) is 77.5 Å². The van der Waals surface area contributed by atoms with Crippen LogP contribution < -0.4 is 5.76 Å². The second kappa shape index (κ2) is 8.92. The third kappa shape index (κ3) is 4.47. The van der Waals surface area contributed by atoms with Gasteiger partial charge >= 0.3 is 5.76 Å². The predicted molar refractivity (Wildman–Crippen MR) is 108 cm³/mol. The average molecular weight is 386 g/mol. The highest BCUT2D eigenvalue weighted by Crippen LogP contribution is 2.13. The molecule has 7 nitrogen and oxygen atoms in total. The molecule has 0 saturated carbocycles. The quantitative estimate of drug-likeness (QED) is 0.755. The number of carbonyl (C=O) groups is 1. The summed E-state index contributed by atoms with van der Waals surface area (Å²) in [5, 5.41) is 0. The molecule has 1 aromatic heterocycles. The van der Waals surface area contributed by atoms with Gasteiger partial charge in [-0.25, -0.2) is 4.79 Å². The molecule has 0 unspecified atom stereocenters. The first-order chi connectivity index (χ1) is 13.7. The number of rotatable bonds is 6. The number of hydrogen-bond donors (Lipinski definition) is 0. The Morgan fingerprint density at radius 3 is 2.39 bits per heavy atom. The van der Waals surface area contributed by atoms with E-state index < -0.39 is 0 Å². The fraction of sp³-hybridized carbons (Fsp3) is 0.619. The van der Waals surface area contributed by atoms with Crippen LogP contribution in [0, 0.1) is 0 Å². The average Bonchev–Trinajstić information content (AvgIpc) is 3.05. The molecule has 0 bridgehead atoms. The molecule has 3 heterocycles. The second-order valence-electron chi connectivity index (χ2n) is 7.90. The SMILES string of the molecule is O=C(CN1CCN(CCCn2c(=O)oc3ccccc32)CC1)N1CCCCC1. The predicted octanol–water partition coefficient (Wildman–Crippen LogP) is 1.61. The van der Waals surface area contributed by atoms with E-state index in [4.69, 9.17) is 4.42 Å². The number of aryl methyl sites for hydroxylation is 1. The standard InChI is InChI=1S/C21H30N4O3/c26-20(24-10-4-1-5-11-24)17-23-15-13-22(14-16-23)9-6-12-25-18-7-2-3-8-19(18)28-21(25)27/h2-3,7-8H,1,4-6,9-17H2. The van der Waals surface area contributed by atoms with Gasteiger partial charge in [-0.05, 0) is 44.4 Å². The Labute approximate surface area is 165 Å². The summed E-state index contributed by atoms with van der Waals surface area (Å²) >= 11 is 0. The monoisotopic (exact) mass is 386 g/mol. The number of carbonyl (C=O) groups excluding carboxylic acids is 1. The third-order valence-electron chi connectivity index (χ3n) is 5.96. The van der Waals surface area contributed by atoms with Crippen molar-refractivity contribution in [2.45, 2.75) is 32.2 Å². The van der Waals surface area contributed by atoms with E-state index in [0.717, 1.165) is 70.6 Å². The Morgan fingerprint density at radius 1 is 0.893 bits per heavy atom. The Balaban J connectivity index is 1.20. The number of amides is 1. The minimum Gasteiger partial charge on any atom is -0.408 e. The van der Waals surface area contributed by atoms with Crippen molar-refractivity contribution in [3.8, 4) is 0 Å². The summed E-state index contributed by atoms with van der Waals surface area (Å²) in [6, 6.07) is 7.57. The molecule has 2 saturated heterocycles. The number of hydrogen-bond acceptors (Lipinski definition) is 5. The summed E-state index contributed by atoms with van der Waals surface area (Å²) in [6.07, 6.45) is 4.46. The topological polar surface area (TPSA) is 61.9 Å².